The lowest BCUT2D eigenvalue weighted by atomic mass is 9.31. The minimum Gasteiger partial charge on any atom is -0.462 e. The summed E-state index contributed by atoms with van der Waals surface area (Å²) in [6, 6.07) is 0. The summed E-state index contributed by atoms with van der Waals surface area (Å²) in [5.74, 6) is 3.07. The number of carbonyl (C=O) groups excluding carboxylic acids is 1. The van der Waals surface area contributed by atoms with E-state index in [1.165, 1.54) is 89.9 Å². The van der Waals surface area contributed by atoms with Crippen molar-refractivity contribution in [2.24, 2.45) is 56.7 Å². The van der Waals surface area contributed by atoms with Crippen LogP contribution in [-0.2, 0) is 9.53 Å². The number of aliphatic hydroxyl groups excluding tert-OH is 1. The molecule has 0 amide bonds. The molecule has 5 rings (SSSR count). The second kappa shape index (κ2) is 14.4. The molecule has 0 aliphatic heterocycles. The summed E-state index contributed by atoms with van der Waals surface area (Å²) < 4.78 is 6.39. The van der Waals surface area contributed by atoms with E-state index in [0.29, 0.717) is 36.0 Å². The van der Waals surface area contributed by atoms with Gasteiger partial charge in [0.2, 0.25) is 0 Å². The second-order valence-corrected chi connectivity index (χ2v) is 19.5. The smallest absolute Gasteiger partial charge is 0.306 e. The molecule has 5 aliphatic rings. The minimum absolute atomic E-state index is 0.00484. The maximum Gasteiger partial charge on any atom is 0.306 e. The Hall–Kier alpha value is -0.830. The van der Waals surface area contributed by atoms with Gasteiger partial charge in [-0.15, -0.1) is 0 Å². The Balaban J connectivity index is 1.18. The molecule has 0 heterocycles. The summed E-state index contributed by atoms with van der Waals surface area (Å²) in [5.41, 5.74) is 2.18. The fourth-order valence-corrected chi connectivity index (χ4v) is 13.6. The van der Waals surface area contributed by atoms with Crippen LogP contribution in [0.3, 0.4) is 0 Å². The van der Waals surface area contributed by atoms with E-state index in [4.69, 9.17) is 4.74 Å². The van der Waals surface area contributed by atoms with Crippen molar-refractivity contribution in [1.82, 2.24) is 0 Å². The summed E-state index contributed by atoms with van der Waals surface area (Å²) in [5, 5.41) is 12.0. The van der Waals surface area contributed by atoms with Crippen LogP contribution in [0.5, 0.6) is 0 Å². The number of fused-ring (bicyclic) bond motifs is 7. The van der Waals surface area contributed by atoms with E-state index in [1.54, 1.807) is 5.57 Å². The van der Waals surface area contributed by atoms with Gasteiger partial charge in [-0.25, -0.2) is 0 Å². The summed E-state index contributed by atoms with van der Waals surface area (Å²) in [6.45, 7) is 22.3. The summed E-state index contributed by atoms with van der Waals surface area (Å²) >= 11 is 0. The lowest BCUT2D eigenvalue weighted by molar-refractivity contribution is -0.268. The van der Waals surface area contributed by atoms with E-state index < -0.39 is 0 Å². The maximum absolute atomic E-state index is 13.1. The van der Waals surface area contributed by atoms with Gasteiger partial charge in [-0.05, 0) is 111 Å². The maximum atomic E-state index is 13.1. The second-order valence-electron chi connectivity index (χ2n) is 19.5. The molecule has 0 saturated heterocycles. The Morgan fingerprint density at radius 2 is 1.40 bits per heavy atom. The van der Waals surface area contributed by atoms with Gasteiger partial charge in [0.1, 0.15) is 6.10 Å². The number of esters is 1. The van der Waals surface area contributed by atoms with Crippen molar-refractivity contribution in [3.63, 3.8) is 0 Å². The molecule has 11 atom stereocenters. The van der Waals surface area contributed by atoms with Crippen LogP contribution in [0.2, 0.25) is 0 Å². The Morgan fingerprint density at radius 3 is 2.04 bits per heavy atom. The highest BCUT2D eigenvalue weighted by Gasteiger charge is 2.71. The van der Waals surface area contributed by atoms with Gasteiger partial charge in [0.25, 0.3) is 0 Å². The Kier molecular flexibility index (Phi) is 11.5. The number of allylic oxidation sites excluding steroid dienone is 2. The van der Waals surface area contributed by atoms with Crippen molar-refractivity contribution in [3.8, 4) is 0 Å². The molecule has 0 aromatic rings. The van der Waals surface area contributed by atoms with E-state index in [-0.39, 0.29) is 45.3 Å². The summed E-state index contributed by atoms with van der Waals surface area (Å²) in [4.78, 5) is 13.1. The highest BCUT2D eigenvalue weighted by molar-refractivity contribution is 5.69. The number of unbranched alkanes of at least 4 members (excludes halogenated alkanes) is 10. The molecule has 0 radical (unpaired) electrons. The van der Waals surface area contributed by atoms with E-state index >= 15 is 0 Å². The van der Waals surface area contributed by atoms with E-state index in [2.05, 4.69) is 68.4 Å². The Bertz CT molecular complexity index is 1110. The van der Waals surface area contributed by atoms with Gasteiger partial charge < -0.3 is 9.84 Å². The standard InChI is InChI=1S/C44H76O3/c1-10-11-12-13-14-15-16-17-18-19-20-21-38(46)47-37-26-28-41(6)34(40(37,4)5)25-29-43(8)35(41)23-22-33-39-32(3)31(2)24-27-42(39,7)36(45)30-44(33,43)9/h24,32-37,39,45H,10-23,25-30H2,1-9H3/t32-,33-,34+,35-,36?,37?,39-,41+,42-,43-,44-/m1/s1. The highest BCUT2D eigenvalue weighted by atomic mass is 16.5. The van der Waals surface area contributed by atoms with Crippen LogP contribution >= 0.6 is 0 Å². The van der Waals surface area contributed by atoms with E-state index in [1.807, 2.05) is 0 Å². The van der Waals surface area contributed by atoms with Gasteiger partial charge in [-0.1, -0.05) is 131 Å². The Labute approximate surface area is 291 Å². The number of ether oxygens (including phenoxy) is 1. The normalized spacial score (nSPS) is 44.0. The largest absolute Gasteiger partial charge is 0.462 e. The van der Waals surface area contributed by atoms with Crippen molar-refractivity contribution in [1.29, 1.82) is 0 Å². The van der Waals surface area contributed by atoms with Crippen LogP contribution in [0, 0.1) is 56.7 Å². The third-order valence-electron chi connectivity index (χ3n) is 16.8. The first-order valence-corrected chi connectivity index (χ1v) is 20.7. The molecule has 1 N–H and O–H groups in total. The molecule has 2 unspecified atom stereocenters. The zero-order valence-electron chi connectivity index (χ0n) is 32.5. The van der Waals surface area contributed by atoms with Gasteiger partial charge in [0.05, 0.1) is 6.10 Å². The van der Waals surface area contributed by atoms with Gasteiger partial charge >= 0.3 is 5.97 Å². The summed E-state index contributed by atoms with van der Waals surface area (Å²) in [7, 11) is 0. The minimum atomic E-state index is -0.228. The van der Waals surface area contributed by atoms with E-state index in [0.717, 1.165) is 32.1 Å². The zero-order chi connectivity index (χ0) is 34.3. The molecule has 4 fully saturated rings. The molecule has 0 bridgehead atoms. The molecule has 3 nitrogen and oxygen atoms in total. The molecule has 4 saturated carbocycles. The molecule has 0 spiro atoms. The molecule has 47 heavy (non-hydrogen) atoms. The first kappa shape index (κ1) is 37.4. The van der Waals surface area contributed by atoms with E-state index in [9.17, 15) is 9.90 Å². The highest BCUT2D eigenvalue weighted by Crippen LogP contribution is 2.76. The number of carbonyl (C=O) groups is 1. The number of aliphatic hydroxyl groups is 1. The summed E-state index contributed by atoms with van der Waals surface area (Å²) in [6.07, 6.45) is 26.4. The predicted octanol–water partition coefficient (Wildman–Crippen LogP) is 12.2. The van der Waals surface area contributed by atoms with Crippen LogP contribution in [0.4, 0.5) is 0 Å². The molecule has 0 aromatic heterocycles. The van der Waals surface area contributed by atoms with Crippen LogP contribution < -0.4 is 0 Å². The third-order valence-corrected chi connectivity index (χ3v) is 16.8. The first-order valence-electron chi connectivity index (χ1n) is 20.7. The van der Waals surface area contributed by atoms with Gasteiger partial charge in [0.15, 0.2) is 0 Å². The monoisotopic (exact) mass is 653 g/mol. The van der Waals surface area contributed by atoms with Crippen LogP contribution in [0.1, 0.15) is 191 Å². The predicted molar refractivity (Wildman–Crippen MR) is 197 cm³/mol. The molecular weight excluding hydrogens is 576 g/mol. The fraction of sp³-hybridized carbons (Fsp3) is 0.932. The quantitative estimate of drug-likeness (QED) is 0.122. The molecule has 0 aromatic carbocycles. The van der Waals surface area contributed by atoms with Crippen LogP contribution in [-0.4, -0.2) is 23.3 Å². The fourth-order valence-electron chi connectivity index (χ4n) is 13.6. The average molecular weight is 653 g/mol. The first-order chi connectivity index (χ1) is 22.2. The molecule has 5 aliphatic carbocycles. The van der Waals surface area contributed by atoms with Crippen LogP contribution in [0.25, 0.3) is 0 Å². The number of rotatable bonds is 13. The van der Waals surface area contributed by atoms with Gasteiger partial charge in [-0.3, -0.25) is 4.79 Å². The third kappa shape index (κ3) is 6.57. The Morgan fingerprint density at radius 1 is 0.787 bits per heavy atom. The SMILES string of the molecule is CCCCCCCCCCCCCC(=O)OC1CC[C@]2(C)[C@H]3CC[C@@H]4[C@H]5[C@H](C)C(C)=CC[C@]5(C)C(O)C[C@@]4(C)[C@]3(C)CC[C@H]2C1(C)C. The molecular formula is C44H76O3. The molecule has 270 valence electrons. The number of hydrogen-bond acceptors (Lipinski definition) is 3. The van der Waals surface area contributed by atoms with Crippen molar-refractivity contribution in [3.05, 3.63) is 11.6 Å². The average Bonchev–Trinajstić information content (AvgIpc) is 3.00. The van der Waals surface area contributed by atoms with Gasteiger partial charge in [0, 0.05) is 17.3 Å². The lowest BCUT2D eigenvalue weighted by Gasteiger charge is -2.74. The van der Waals surface area contributed by atoms with Gasteiger partial charge in [-0.2, -0.15) is 0 Å². The topological polar surface area (TPSA) is 46.5 Å². The zero-order valence-corrected chi connectivity index (χ0v) is 32.5. The van der Waals surface area contributed by atoms with Crippen molar-refractivity contribution in [2.45, 2.75) is 203 Å². The van der Waals surface area contributed by atoms with Crippen LogP contribution in [0.15, 0.2) is 11.6 Å². The molecule has 3 heteroatoms. The van der Waals surface area contributed by atoms with Crippen molar-refractivity contribution >= 4 is 5.97 Å². The van der Waals surface area contributed by atoms with Crippen molar-refractivity contribution < 1.29 is 14.6 Å². The number of hydrogen-bond donors (Lipinski definition) is 1. The lowest BCUT2D eigenvalue weighted by Crippen LogP contribution is -2.69. The van der Waals surface area contributed by atoms with Crippen molar-refractivity contribution in [2.75, 3.05) is 0 Å².